The van der Waals surface area contributed by atoms with Gasteiger partial charge in [0.2, 0.25) is 5.91 Å². The van der Waals surface area contributed by atoms with E-state index in [2.05, 4.69) is 15.2 Å². The Morgan fingerprint density at radius 3 is 2.54 bits per heavy atom. The standard InChI is InChI=1S/C17H20N2O4S/c1-11-15(12(2)23-19-11)9-24-10-16(20)18-8-13-4-6-14(7-5-13)17(21)22-3/h4-7H,8-10H2,1-3H3,(H,18,20). The van der Waals surface area contributed by atoms with Crippen LogP contribution in [0.2, 0.25) is 0 Å². The molecule has 0 radical (unpaired) electrons. The Kier molecular flexibility index (Phi) is 6.43. The van der Waals surface area contributed by atoms with Gasteiger partial charge in [0, 0.05) is 17.9 Å². The lowest BCUT2D eigenvalue weighted by Gasteiger charge is -2.06. The summed E-state index contributed by atoms with van der Waals surface area (Å²) in [5.41, 5.74) is 3.33. The Bertz CT molecular complexity index is 690. The van der Waals surface area contributed by atoms with Crippen molar-refractivity contribution in [1.82, 2.24) is 10.5 Å². The summed E-state index contributed by atoms with van der Waals surface area (Å²) in [4.78, 5) is 23.2. The maximum atomic E-state index is 11.9. The lowest BCUT2D eigenvalue weighted by molar-refractivity contribution is -0.118. The van der Waals surface area contributed by atoms with Gasteiger partial charge in [-0.25, -0.2) is 4.79 Å². The average Bonchev–Trinajstić information content (AvgIpc) is 2.91. The number of hydrogen-bond acceptors (Lipinski definition) is 6. The Hall–Kier alpha value is -2.28. The van der Waals surface area contributed by atoms with Crippen LogP contribution in [0.15, 0.2) is 28.8 Å². The van der Waals surface area contributed by atoms with Gasteiger partial charge in [0.25, 0.3) is 0 Å². The van der Waals surface area contributed by atoms with Gasteiger partial charge in [0.1, 0.15) is 5.76 Å². The van der Waals surface area contributed by atoms with Gasteiger partial charge < -0.3 is 14.6 Å². The van der Waals surface area contributed by atoms with Crippen molar-refractivity contribution in [3.05, 3.63) is 52.4 Å². The smallest absolute Gasteiger partial charge is 0.337 e. The number of benzene rings is 1. The molecule has 128 valence electrons. The van der Waals surface area contributed by atoms with E-state index in [-0.39, 0.29) is 11.9 Å². The number of aryl methyl sites for hydroxylation is 2. The number of rotatable bonds is 7. The van der Waals surface area contributed by atoms with Gasteiger partial charge in [0.15, 0.2) is 0 Å². The molecule has 0 saturated carbocycles. The first-order chi connectivity index (χ1) is 11.5. The molecule has 0 saturated heterocycles. The number of ether oxygens (including phenoxy) is 1. The van der Waals surface area contributed by atoms with Crippen LogP contribution in [-0.4, -0.2) is 29.9 Å². The van der Waals surface area contributed by atoms with Crippen molar-refractivity contribution in [3.63, 3.8) is 0 Å². The van der Waals surface area contributed by atoms with Crippen LogP contribution in [0.5, 0.6) is 0 Å². The molecule has 6 nitrogen and oxygen atoms in total. The van der Waals surface area contributed by atoms with Crippen LogP contribution in [0.4, 0.5) is 0 Å². The Labute approximate surface area is 144 Å². The second-order valence-corrected chi connectivity index (χ2v) is 6.25. The Morgan fingerprint density at radius 1 is 1.25 bits per heavy atom. The van der Waals surface area contributed by atoms with Crippen LogP contribution in [0, 0.1) is 13.8 Å². The average molecular weight is 348 g/mol. The second-order valence-electron chi connectivity index (χ2n) is 5.26. The van der Waals surface area contributed by atoms with E-state index in [0.29, 0.717) is 23.6 Å². The molecule has 0 unspecified atom stereocenters. The molecule has 7 heteroatoms. The molecule has 0 bridgehead atoms. The third kappa shape index (κ3) is 4.86. The van der Waals surface area contributed by atoms with Crippen LogP contribution in [0.25, 0.3) is 0 Å². The van der Waals surface area contributed by atoms with E-state index in [4.69, 9.17) is 4.52 Å². The third-order valence-electron chi connectivity index (χ3n) is 3.53. The number of aromatic nitrogens is 1. The molecule has 1 N–H and O–H groups in total. The molecule has 24 heavy (non-hydrogen) atoms. The fourth-order valence-corrected chi connectivity index (χ4v) is 3.09. The number of thioether (sulfide) groups is 1. The van der Waals surface area contributed by atoms with Crippen LogP contribution < -0.4 is 5.32 Å². The predicted molar refractivity (Wildman–Crippen MR) is 91.8 cm³/mol. The molecule has 2 rings (SSSR count). The van der Waals surface area contributed by atoms with Crippen LogP contribution >= 0.6 is 11.8 Å². The summed E-state index contributed by atoms with van der Waals surface area (Å²) in [7, 11) is 1.34. The van der Waals surface area contributed by atoms with Crippen LogP contribution in [0.3, 0.4) is 0 Å². The number of nitrogens with one attached hydrogen (secondary N) is 1. The molecule has 0 aliphatic carbocycles. The molecule has 0 aliphatic heterocycles. The number of amides is 1. The molecule has 0 spiro atoms. The highest BCUT2D eigenvalue weighted by molar-refractivity contribution is 7.99. The van der Waals surface area contributed by atoms with Crippen LogP contribution in [0.1, 0.15) is 32.9 Å². The zero-order chi connectivity index (χ0) is 17.5. The molecule has 0 atom stereocenters. The summed E-state index contributed by atoms with van der Waals surface area (Å²) in [5, 5.41) is 6.75. The molecule has 2 aromatic rings. The van der Waals surface area contributed by atoms with E-state index in [9.17, 15) is 9.59 Å². The molecule has 1 heterocycles. The Balaban J connectivity index is 1.74. The zero-order valence-corrected chi connectivity index (χ0v) is 14.7. The van der Waals surface area contributed by atoms with E-state index < -0.39 is 0 Å². The molecule has 1 aromatic carbocycles. The first-order valence-electron chi connectivity index (χ1n) is 7.44. The normalized spacial score (nSPS) is 10.5. The number of hydrogen-bond donors (Lipinski definition) is 1. The summed E-state index contributed by atoms with van der Waals surface area (Å²) >= 11 is 1.52. The first kappa shape index (κ1) is 18.1. The van der Waals surface area contributed by atoms with E-state index in [0.717, 1.165) is 22.6 Å². The van der Waals surface area contributed by atoms with Crippen molar-refractivity contribution in [2.45, 2.75) is 26.1 Å². The SMILES string of the molecule is COC(=O)c1ccc(CNC(=O)CSCc2c(C)noc2C)cc1. The lowest BCUT2D eigenvalue weighted by Crippen LogP contribution is -2.24. The summed E-state index contributed by atoms with van der Waals surface area (Å²) in [6.45, 7) is 4.19. The summed E-state index contributed by atoms with van der Waals surface area (Å²) in [6, 6.07) is 6.95. The lowest BCUT2D eigenvalue weighted by atomic mass is 10.1. The van der Waals surface area contributed by atoms with Gasteiger partial charge in [-0.05, 0) is 31.5 Å². The molecular weight excluding hydrogens is 328 g/mol. The van der Waals surface area contributed by atoms with Gasteiger partial charge in [-0.3, -0.25) is 4.79 Å². The molecular formula is C17H20N2O4S. The monoisotopic (exact) mass is 348 g/mol. The quantitative estimate of drug-likeness (QED) is 0.775. The highest BCUT2D eigenvalue weighted by Gasteiger charge is 2.10. The highest BCUT2D eigenvalue weighted by Crippen LogP contribution is 2.19. The van der Waals surface area contributed by atoms with Crippen LogP contribution in [-0.2, 0) is 21.8 Å². The van der Waals surface area contributed by atoms with E-state index in [1.54, 1.807) is 24.3 Å². The Morgan fingerprint density at radius 2 is 1.96 bits per heavy atom. The number of esters is 1. The minimum atomic E-state index is -0.374. The maximum absolute atomic E-state index is 11.9. The van der Waals surface area contributed by atoms with Crippen molar-refractivity contribution in [1.29, 1.82) is 0 Å². The molecule has 0 fully saturated rings. The van der Waals surface area contributed by atoms with Gasteiger partial charge in [0.05, 0.1) is 24.1 Å². The summed E-state index contributed by atoms with van der Waals surface area (Å²) < 4.78 is 9.74. The van der Waals surface area contributed by atoms with Crippen molar-refractivity contribution in [3.8, 4) is 0 Å². The molecule has 0 aliphatic rings. The minimum absolute atomic E-state index is 0.0381. The van der Waals surface area contributed by atoms with Crippen molar-refractivity contribution in [2.75, 3.05) is 12.9 Å². The van der Waals surface area contributed by atoms with Crippen molar-refractivity contribution in [2.24, 2.45) is 0 Å². The second kappa shape index (κ2) is 8.54. The topological polar surface area (TPSA) is 81.4 Å². The fourth-order valence-electron chi connectivity index (χ4n) is 2.08. The van der Waals surface area contributed by atoms with Crippen molar-refractivity contribution >= 4 is 23.6 Å². The predicted octanol–water partition coefficient (Wildman–Crippen LogP) is 2.63. The highest BCUT2D eigenvalue weighted by atomic mass is 32.2. The number of carbonyl (C=O) groups excluding carboxylic acids is 2. The fraction of sp³-hybridized carbons (Fsp3) is 0.353. The van der Waals surface area contributed by atoms with Gasteiger partial charge in [-0.2, -0.15) is 0 Å². The zero-order valence-electron chi connectivity index (χ0n) is 13.9. The summed E-state index contributed by atoms with van der Waals surface area (Å²) in [5.74, 6) is 1.45. The van der Waals surface area contributed by atoms with Gasteiger partial charge >= 0.3 is 5.97 Å². The van der Waals surface area contributed by atoms with Gasteiger partial charge in [-0.15, -0.1) is 11.8 Å². The number of carbonyl (C=O) groups is 2. The molecule has 1 aromatic heterocycles. The van der Waals surface area contributed by atoms with E-state index in [1.165, 1.54) is 18.9 Å². The molecule has 1 amide bonds. The first-order valence-corrected chi connectivity index (χ1v) is 8.60. The number of nitrogens with zero attached hydrogens (tertiary/aromatic N) is 1. The van der Waals surface area contributed by atoms with Gasteiger partial charge in [-0.1, -0.05) is 17.3 Å². The van der Waals surface area contributed by atoms with Crippen molar-refractivity contribution < 1.29 is 18.8 Å². The maximum Gasteiger partial charge on any atom is 0.337 e. The van der Waals surface area contributed by atoms with E-state index >= 15 is 0 Å². The number of methoxy groups -OCH3 is 1. The largest absolute Gasteiger partial charge is 0.465 e. The minimum Gasteiger partial charge on any atom is -0.465 e. The third-order valence-corrected chi connectivity index (χ3v) is 4.48. The van der Waals surface area contributed by atoms with E-state index in [1.807, 2.05) is 13.8 Å². The summed E-state index contributed by atoms with van der Waals surface area (Å²) in [6.07, 6.45) is 0.